The van der Waals surface area contributed by atoms with Gasteiger partial charge in [0.05, 0.1) is 22.4 Å². The number of carboxylic acid groups (broad SMARTS) is 1. The summed E-state index contributed by atoms with van der Waals surface area (Å²) in [5.41, 5.74) is 4.28. The molecule has 3 aromatic carbocycles. The zero-order chi connectivity index (χ0) is 28.7. The van der Waals surface area contributed by atoms with E-state index in [0.29, 0.717) is 16.5 Å². The molecule has 0 aliphatic heterocycles. The molecular weight excluding hydrogens is 561 g/mol. The van der Waals surface area contributed by atoms with Gasteiger partial charge in [0.15, 0.2) is 0 Å². The second kappa shape index (κ2) is 13.7. The largest absolute Gasteiger partial charge is 0.478 e. The Balaban J connectivity index is 1.53. The van der Waals surface area contributed by atoms with Crippen molar-refractivity contribution >= 4 is 64.0 Å². The van der Waals surface area contributed by atoms with Crippen molar-refractivity contribution in [3.63, 3.8) is 0 Å². The third kappa shape index (κ3) is 8.84. The summed E-state index contributed by atoms with van der Waals surface area (Å²) in [5, 5.41) is 22.1. The van der Waals surface area contributed by atoms with Crippen LogP contribution in [-0.4, -0.2) is 32.5 Å². The number of carbonyl (C=O) groups is 1. The molecule has 1 atom stereocenters. The number of rotatable bonds is 12. The van der Waals surface area contributed by atoms with Crippen LogP contribution in [0, 0.1) is 0 Å². The number of carboxylic acids is 1. The van der Waals surface area contributed by atoms with Gasteiger partial charge < -0.3 is 10.2 Å². The molecular formula is C33H33Cl2NO3S. The molecule has 1 aromatic heterocycles. The molecule has 0 radical (unpaired) electrons. The van der Waals surface area contributed by atoms with Crippen LogP contribution in [0.5, 0.6) is 0 Å². The van der Waals surface area contributed by atoms with Crippen molar-refractivity contribution in [1.29, 1.82) is 0 Å². The van der Waals surface area contributed by atoms with Gasteiger partial charge in [-0.05, 0) is 98.4 Å². The number of aromatic nitrogens is 1. The average molecular weight is 595 g/mol. The summed E-state index contributed by atoms with van der Waals surface area (Å²) in [7, 11) is 0. The zero-order valence-corrected chi connectivity index (χ0v) is 24.9. The Hall–Kier alpha value is -2.83. The first kappa shape index (κ1) is 30.1. The summed E-state index contributed by atoms with van der Waals surface area (Å²) in [6.07, 6.45) is 7.06. The van der Waals surface area contributed by atoms with Gasteiger partial charge in [0.25, 0.3) is 0 Å². The van der Waals surface area contributed by atoms with E-state index < -0.39 is 11.6 Å². The standard InChI is InChI=1S/C33H33Cl2NO3S/c1-33(2,39)17-4-18-40-31(16-11-23-8-12-26(34)20-29(23)32(37)38)25-6-3-5-22(19-25)7-14-28-15-10-24-9-13-27(35)21-30(24)36-28/h3,5-10,12-15,19-21,31,39H,4,11,16-18H2,1-2H3,(H,37,38)/b14-7+. The van der Waals surface area contributed by atoms with Crippen LogP contribution in [0.1, 0.15) is 71.1 Å². The SMILES string of the molecule is CC(C)(O)CCCSC(CCc1ccc(Cl)cc1C(=O)O)c1cccc(/C=C/c2ccc3ccc(Cl)cc3n2)c1. The number of aryl methyl sites for hydroxylation is 1. The maximum Gasteiger partial charge on any atom is 0.336 e. The minimum Gasteiger partial charge on any atom is -0.478 e. The number of halogens is 2. The molecule has 0 fully saturated rings. The van der Waals surface area contributed by atoms with E-state index in [4.69, 9.17) is 28.2 Å². The number of nitrogens with zero attached hydrogens (tertiary/aromatic N) is 1. The second-order valence-electron chi connectivity index (χ2n) is 10.5. The number of hydrogen-bond acceptors (Lipinski definition) is 4. The molecule has 0 saturated heterocycles. The first-order valence-electron chi connectivity index (χ1n) is 13.3. The van der Waals surface area contributed by atoms with Crippen molar-refractivity contribution < 1.29 is 15.0 Å². The molecule has 0 bridgehead atoms. The second-order valence-corrected chi connectivity index (χ2v) is 12.7. The molecule has 4 aromatic rings. The van der Waals surface area contributed by atoms with Gasteiger partial charge in [0, 0.05) is 20.7 Å². The molecule has 7 heteroatoms. The summed E-state index contributed by atoms with van der Waals surface area (Å²) >= 11 is 14.1. The Labute approximate surface area is 250 Å². The summed E-state index contributed by atoms with van der Waals surface area (Å²) in [5.74, 6) is -0.0754. The first-order valence-corrected chi connectivity index (χ1v) is 15.1. The van der Waals surface area contributed by atoms with Gasteiger partial charge in [-0.25, -0.2) is 9.78 Å². The van der Waals surface area contributed by atoms with Crippen molar-refractivity contribution in [1.82, 2.24) is 4.98 Å². The molecule has 4 nitrogen and oxygen atoms in total. The summed E-state index contributed by atoms with van der Waals surface area (Å²) in [6.45, 7) is 3.66. The van der Waals surface area contributed by atoms with Gasteiger partial charge >= 0.3 is 5.97 Å². The zero-order valence-electron chi connectivity index (χ0n) is 22.6. The third-order valence-corrected chi connectivity index (χ3v) is 8.54. The minimum atomic E-state index is -0.969. The molecule has 4 rings (SSSR count). The van der Waals surface area contributed by atoms with Crippen LogP contribution < -0.4 is 0 Å². The molecule has 40 heavy (non-hydrogen) atoms. The van der Waals surface area contributed by atoms with Crippen LogP contribution in [0.15, 0.2) is 72.8 Å². The van der Waals surface area contributed by atoms with E-state index in [9.17, 15) is 15.0 Å². The minimum absolute atomic E-state index is 0.161. The van der Waals surface area contributed by atoms with Crippen molar-refractivity contribution in [3.8, 4) is 0 Å². The van der Waals surface area contributed by atoms with Gasteiger partial charge in [-0.15, -0.1) is 0 Å². The predicted octanol–water partition coefficient (Wildman–Crippen LogP) is 9.37. The average Bonchev–Trinajstić information content (AvgIpc) is 2.91. The summed E-state index contributed by atoms with van der Waals surface area (Å²) < 4.78 is 0. The molecule has 2 N–H and O–H groups in total. The molecule has 0 saturated carbocycles. The Morgan fingerprint density at radius 2 is 1.75 bits per heavy atom. The van der Waals surface area contributed by atoms with E-state index in [-0.39, 0.29) is 10.8 Å². The van der Waals surface area contributed by atoms with Crippen LogP contribution in [0.25, 0.3) is 23.1 Å². The van der Waals surface area contributed by atoms with Crippen LogP contribution in [0.4, 0.5) is 0 Å². The number of benzene rings is 3. The van der Waals surface area contributed by atoms with Crippen LogP contribution >= 0.6 is 35.0 Å². The fraction of sp³-hybridized carbons (Fsp3) is 0.273. The maximum absolute atomic E-state index is 11.8. The lowest BCUT2D eigenvalue weighted by atomic mass is 9.98. The molecule has 0 aliphatic carbocycles. The van der Waals surface area contributed by atoms with Crippen molar-refractivity contribution in [2.75, 3.05) is 5.75 Å². The lowest BCUT2D eigenvalue weighted by Gasteiger charge is -2.20. The highest BCUT2D eigenvalue weighted by atomic mass is 35.5. The fourth-order valence-corrected chi connectivity index (χ4v) is 6.13. The number of hydrogen-bond donors (Lipinski definition) is 2. The van der Waals surface area contributed by atoms with Crippen molar-refractivity contribution in [2.24, 2.45) is 0 Å². The van der Waals surface area contributed by atoms with Gasteiger partial charge in [-0.3, -0.25) is 0 Å². The number of aliphatic hydroxyl groups is 1. The van der Waals surface area contributed by atoms with Crippen LogP contribution in [-0.2, 0) is 6.42 Å². The number of fused-ring (bicyclic) bond motifs is 1. The van der Waals surface area contributed by atoms with E-state index in [1.54, 1.807) is 6.07 Å². The van der Waals surface area contributed by atoms with E-state index in [2.05, 4.69) is 30.3 Å². The van der Waals surface area contributed by atoms with Crippen molar-refractivity contribution in [3.05, 3.63) is 111 Å². The highest BCUT2D eigenvalue weighted by Gasteiger charge is 2.18. The van der Waals surface area contributed by atoms with Gasteiger partial charge in [-0.2, -0.15) is 11.8 Å². The number of thioether (sulfide) groups is 1. The maximum atomic E-state index is 11.8. The molecule has 0 amide bonds. The highest BCUT2D eigenvalue weighted by Crippen LogP contribution is 2.36. The van der Waals surface area contributed by atoms with Crippen molar-refractivity contribution in [2.45, 2.75) is 50.4 Å². The molecule has 0 spiro atoms. The number of aromatic carboxylic acids is 1. The highest BCUT2D eigenvalue weighted by molar-refractivity contribution is 7.99. The quantitative estimate of drug-likeness (QED) is 0.160. The van der Waals surface area contributed by atoms with Gasteiger partial charge in [0.2, 0.25) is 0 Å². The normalized spacial score (nSPS) is 12.7. The third-order valence-electron chi connectivity index (χ3n) is 6.63. The van der Waals surface area contributed by atoms with Crippen LogP contribution in [0.2, 0.25) is 10.0 Å². The van der Waals surface area contributed by atoms with E-state index >= 15 is 0 Å². The van der Waals surface area contributed by atoms with E-state index in [1.807, 2.05) is 68.1 Å². The number of pyridine rings is 1. The molecule has 1 unspecified atom stereocenters. The Bertz CT molecular complexity index is 1510. The molecule has 0 aliphatic rings. The predicted molar refractivity (Wildman–Crippen MR) is 170 cm³/mol. The lowest BCUT2D eigenvalue weighted by molar-refractivity contribution is 0.0691. The molecule has 208 valence electrons. The summed E-state index contributed by atoms with van der Waals surface area (Å²) in [4.78, 5) is 16.5. The van der Waals surface area contributed by atoms with E-state index in [0.717, 1.165) is 52.7 Å². The van der Waals surface area contributed by atoms with Crippen LogP contribution in [0.3, 0.4) is 0 Å². The van der Waals surface area contributed by atoms with E-state index in [1.165, 1.54) is 11.6 Å². The Morgan fingerprint density at radius 1 is 1.00 bits per heavy atom. The lowest BCUT2D eigenvalue weighted by Crippen LogP contribution is -2.18. The topological polar surface area (TPSA) is 70.4 Å². The Kier molecular flexibility index (Phi) is 10.3. The van der Waals surface area contributed by atoms with Gasteiger partial charge in [0.1, 0.15) is 0 Å². The molecule has 1 heterocycles. The summed E-state index contributed by atoms with van der Waals surface area (Å²) in [6, 6.07) is 23.2. The van der Waals surface area contributed by atoms with Gasteiger partial charge in [-0.1, -0.05) is 71.7 Å². The monoisotopic (exact) mass is 593 g/mol. The fourth-order valence-electron chi connectivity index (χ4n) is 4.57. The first-order chi connectivity index (χ1) is 19.1. The smallest absolute Gasteiger partial charge is 0.336 e. The Morgan fingerprint density at radius 3 is 2.52 bits per heavy atom.